The van der Waals surface area contributed by atoms with Crippen molar-refractivity contribution in [3.63, 3.8) is 0 Å². The van der Waals surface area contributed by atoms with E-state index in [1.54, 1.807) is 0 Å². The van der Waals surface area contributed by atoms with E-state index in [1.165, 1.54) is 13.0 Å². The van der Waals surface area contributed by atoms with Crippen molar-refractivity contribution >= 4 is 5.97 Å². The molecule has 2 heterocycles. The Morgan fingerprint density at radius 2 is 2.38 bits per heavy atom. The zero-order chi connectivity index (χ0) is 9.00. The molecular formula is C10H15NO2. The molecular weight excluding hydrogens is 166 g/mol. The highest BCUT2D eigenvalue weighted by molar-refractivity contribution is 5.67. The highest BCUT2D eigenvalue weighted by Gasteiger charge is 2.56. The standard InChI is InChI=1S/C10H15NO2/c12-9(13)4-6-1-2-11-5-7-3-8(7)10(6)11/h6-8,10H,1-5H2,(H,12,13). The minimum absolute atomic E-state index is 0.393. The summed E-state index contributed by atoms with van der Waals surface area (Å²) in [5.74, 6) is 1.64. The van der Waals surface area contributed by atoms with Crippen molar-refractivity contribution in [3.05, 3.63) is 0 Å². The number of aliphatic carboxylic acids is 1. The van der Waals surface area contributed by atoms with Crippen molar-refractivity contribution in [2.75, 3.05) is 13.1 Å². The van der Waals surface area contributed by atoms with E-state index in [0.717, 1.165) is 24.8 Å². The molecule has 0 bridgehead atoms. The molecule has 1 aliphatic carbocycles. The molecule has 4 atom stereocenters. The van der Waals surface area contributed by atoms with Gasteiger partial charge in [-0.2, -0.15) is 0 Å². The minimum atomic E-state index is -0.615. The Bertz CT molecular complexity index is 253. The summed E-state index contributed by atoms with van der Waals surface area (Å²) in [6, 6.07) is 0.640. The van der Waals surface area contributed by atoms with Crippen molar-refractivity contribution in [1.82, 2.24) is 4.90 Å². The van der Waals surface area contributed by atoms with Crippen LogP contribution in [0.4, 0.5) is 0 Å². The van der Waals surface area contributed by atoms with E-state index >= 15 is 0 Å². The van der Waals surface area contributed by atoms with E-state index in [-0.39, 0.29) is 0 Å². The lowest BCUT2D eigenvalue weighted by Gasteiger charge is -2.21. The molecule has 4 unspecified atom stereocenters. The van der Waals surface area contributed by atoms with Gasteiger partial charge in [0.25, 0.3) is 0 Å². The molecule has 13 heavy (non-hydrogen) atoms. The first-order chi connectivity index (χ1) is 6.25. The molecule has 3 nitrogen and oxygen atoms in total. The van der Waals surface area contributed by atoms with Gasteiger partial charge in [0.1, 0.15) is 0 Å². The molecule has 3 aliphatic rings. The van der Waals surface area contributed by atoms with E-state index in [9.17, 15) is 4.79 Å². The largest absolute Gasteiger partial charge is 0.481 e. The first-order valence-corrected chi connectivity index (χ1v) is 5.21. The molecule has 1 N–H and O–H groups in total. The summed E-state index contributed by atoms with van der Waals surface area (Å²) in [5, 5.41) is 8.78. The summed E-state index contributed by atoms with van der Waals surface area (Å²) in [4.78, 5) is 13.2. The van der Waals surface area contributed by atoms with Gasteiger partial charge in [-0.05, 0) is 37.1 Å². The van der Waals surface area contributed by atoms with E-state index in [1.807, 2.05) is 0 Å². The number of nitrogens with zero attached hydrogens (tertiary/aromatic N) is 1. The maximum atomic E-state index is 10.6. The predicted molar refractivity (Wildman–Crippen MR) is 47.3 cm³/mol. The maximum absolute atomic E-state index is 10.6. The second-order valence-electron chi connectivity index (χ2n) is 4.79. The van der Waals surface area contributed by atoms with Gasteiger partial charge in [0.05, 0.1) is 0 Å². The average Bonchev–Trinajstić information content (AvgIpc) is 2.56. The fourth-order valence-electron chi connectivity index (χ4n) is 3.43. The van der Waals surface area contributed by atoms with Crippen LogP contribution < -0.4 is 0 Å². The second kappa shape index (κ2) is 2.47. The fourth-order valence-corrected chi connectivity index (χ4v) is 3.43. The molecule has 0 amide bonds. The summed E-state index contributed by atoms with van der Waals surface area (Å²) in [6.45, 7) is 2.40. The summed E-state index contributed by atoms with van der Waals surface area (Å²) < 4.78 is 0. The monoisotopic (exact) mass is 181 g/mol. The van der Waals surface area contributed by atoms with Crippen LogP contribution in [0.3, 0.4) is 0 Å². The summed E-state index contributed by atoms with van der Waals surface area (Å²) in [7, 11) is 0. The number of hydrogen-bond donors (Lipinski definition) is 1. The van der Waals surface area contributed by atoms with Gasteiger partial charge in [-0.25, -0.2) is 0 Å². The van der Waals surface area contributed by atoms with E-state index in [0.29, 0.717) is 18.4 Å². The topological polar surface area (TPSA) is 40.5 Å². The van der Waals surface area contributed by atoms with Crippen molar-refractivity contribution < 1.29 is 9.90 Å². The smallest absolute Gasteiger partial charge is 0.303 e. The number of carboxylic acids is 1. The Labute approximate surface area is 77.7 Å². The maximum Gasteiger partial charge on any atom is 0.303 e. The normalized spacial score (nSPS) is 47.4. The van der Waals surface area contributed by atoms with Gasteiger partial charge in [-0.15, -0.1) is 0 Å². The fraction of sp³-hybridized carbons (Fsp3) is 0.900. The van der Waals surface area contributed by atoms with Crippen LogP contribution in [0, 0.1) is 17.8 Å². The van der Waals surface area contributed by atoms with Gasteiger partial charge in [0.2, 0.25) is 0 Å². The predicted octanol–water partition coefficient (Wildman–Crippen LogP) is 0.801. The van der Waals surface area contributed by atoms with Gasteiger partial charge in [-0.1, -0.05) is 0 Å². The quantitative estimate of drug-likeness (QED) is 0.685. The molecule has 3 fully saturated rings. The van der Waals surface area contributed by atoms with Gasteiger partial charge in [0, 0.05) is 19.0 Å². The van der Waals surface area contributed by atoms with Crippen LogP contribution >= 0.6 is 0 Å². The Hall–Kier alpha value is -0.570. The highest BCUT2D eigenvalue weighted by atomic mass is 16.4. The number of carbonyl (C=O) groups is 1. The SMILES string of the molecule is O=C(O)CC1CCN2CC3CC3C12. The lowest BCUT2D eigenvalue weighted by molar-refractivity contribution is -0.138. The van der Waals surface area contributed by atoms with Crippen LogP contribution in [0.2, 0.25) is 0 Å². The van der Waals surface area contributed by atoms with Crippen LogP contribution in [0.5, 0.6) is 0 Å². The van der Waals surface area contributed by atoms with Crippen LogP contribution in [-0.2, 0) is 4.79 Å². The zero-order valence-corrected chi connectivity index (χ0v) is 7.65. The summed E-state index contributed by atoms with van der Waals surface area (Å²) in [5.41, 5.74) is 0. The lowest BCUT2D eigenvalue weighted by atomic mass is 9.94. The molecule has 0 aromatic carbocycles. The number of hydrogen-bond acceptors (Lipinski definition) is 2. The van der Waals surface area contributed by atoms with E-state index in [4.69, 9.17) is 5.11 Å². The van der Waals surface area contributed by atoms with Crippen LogP contribution in [-0.4, -0.2) is 35.1 Å². The number of rotatable bonds is 2. The first kappa shape index (κ1) is 7.80. The summed E-state index contributed by atoms with van der Waals surface area (Å²) in [6.07, 6.45) is 2.88. The summed E-state index contributed by atoms with van der Waals surface area (Å²) >= 11 is 0. The highest BCUT2D eigenvalue weighted by Crippen LogP contribution is 2.54. The van der Waals surface area contributed by atoms with Crippen LogP contribution in [0.15, 0.2) is 0 Å². The third-order valence-electron chi connectivity index (χ3n) is 4.01. The Kier molecular flexibility index (Phi) is 1.48. The van der Waals surface area contributed by atoms with Crippen LogP contribution in [0.1, 0.15) is 19.3 Å². The minimum Gasteiger partial charge on any atom is -0.481 e. The molecule has 0 aromatic rings. The Morgan fingerprint density at radius 1 is 1.54 bits per heavy atom. The van der Waals surface area contributed by atoms with E-state index in [2.05, 4.69) is 4.90 Å². The number of fused-ring (bicyclic) bond motifs is 3. The number of carboxylic acid groups (broad SMARTS) is 1. The van der Waals surface area contributed by atoms with Gasteiger partial charge < -0.3 is 5.11 Å². The van der Waals surface area contributed by atoms with Crippen LogP contribution in [0.25, 0.3) is 0 Å². The molecule has 0 spiro atoms. The zero-order valence-electron chi connectivity index (χ0n) is 7.65. The average molecular weight is 181 g/mol. The molecule has 0 aromatic heterocycles. The molecule has 72 valence electrons. The van der Waals surface area contributed by atoms with Crippen molar-refractivity contribution in [2.45, 2.75) is 25.3 Å². The third kappa shape index (κ3) is 1.10. The first-order valence-electron chi connectivity index (χ1n) is 5.21. The molecule has 1 saturated carbocycles. The molecule has 2 saturated heterocycles. The van der Waals surface area contributed by atoms with Crippen molar-refractivity contribution in [3.8, 4) is 0 Å². The Morgan fingerprint density at radius 3 is 3.15 bits per heavy atom. The van der Waals surface area contributed by atoms with Gasteiger partial charge >= 0.3 is 5.97 Å². The third-order valence-corrected chi connectivity index (χ3v) is 4.01. The molecule has 3 rings (SSSR count). The Balaban J connectivity index is 1.72. The second-order valence-corrected chi connectivity index (χ2v) is 4.79. The molecule has 2 aliphatic heterocycles. The number of piperidine rings is 1. The van der Waals surface area contributed by atoms with Crippen molar-refractivity contribution in [2.24, 2.45) is 17.8 Å². The molecule has 3 heteroatoms. The molecule has 0 radical (unpaired) electrons. The van der Waals surface area contributed by atoms with E-state index < -0.39 is 5.97 Å². The van der Waals surface area contributed by atoms with Crippen molar-refractivity contribution in [1.29, 1.82) is 0 Å². The van der Waals surface area contributed by atoms with Gasteiger partial charge in [0.15, 0.2) is 0 Å². The lowest BCUT2D eigenvalue weighted by Crippen LogP contribution is -2.31. The van der Waals surface area contributed by atoms with Gasteiger partial charge in [-0.3, -0.25) is 9.69 Å².